The molecule has 0 spiro atoms. The van der Waals surface area contributed by atoms with E-state index in [2.05, 4.69) is 51.1 Å². The van der Waals surface area contributed by atoms with E-state index in [0.29, 0.717) is 0 Å². The molecular formula is C20H22. The quantitative estimate of drug-likeness (QED) is 0.637. The summed E-state index contributed by atoms with van der Waals surface area (Å²) in [6.07, 6.45) is 4.85. The van der Waals surface area contributed by atoms with Gasteiger partial charge < -0.3 is 0 Å². The average Bonchev–Trinajstić information content (AvgIpc) is 2.43. The van der Waals surface area contributed by atoms with E-state index in [-0.39, 0.29) is 5.41 Å². The number of hydrogen-bond acceptors (Lipinski definition) is 0. The molecule has 0 aromatic heterocycles. The van der Waals surface area contributed by atoms with Crippen LogP contribution in [0.15, 0.2) is 30.3 Å². The van der Waals surface area contributed by atoms with Crippen LogP contribution in [0.5, 0.6) is 0 Å². The molecule has 0 fully saturated rings. The monoisotopic (exact) mass is 262 g/mol. The van der Waals surface area contributed by atoms with Crippen molar-refractivity contribution in [2.24, 2.45) is 0 Å². The fourth-order valence-electron chi connectivity index (χ4n) is 3.85. The topological polar surface area (TPSA) is 0 Å². The van der Waals surface area contributed by atoms with E-state index in [9.17, 15) is 0 Å². The summed E-state index contributed by atoms with van der Waals surface area (Å²) in [7, 11) is 0. The molecule has 0 bridgehead atoms. The summed E-state index contributed by atoms with van der Waals surface area (Å²) >= 11 is 0. The van der Waals surface area contributed by atoms with Crippen LogP contribution in [0.2, 0.25) is 0 Å². The van der Waals surface area contributed by atoms with Gasteiger partial charge in [-0.3, -0.25) is 0 Å². The molecule has 2 aliphatic rings. The normalized spacial score (nSPS) is 15.9. The van der Waals surface area contributed by atoms with Gasteiger partial charge in [0.15, 0.2) is 0 Å². The van der Waals surface area contributed by atoms with E-state index in [4.69, 9.17) is 0 Å². The minimum Gasteiger partial charge on any atom is -0.0617 e. The molecular weight excluding hydrogens is 240 g/mol. The van der Waals surface area contributed by atoms with Crippen molar-refractivity contribution in [3.05, 3.63) is 58.1 Å². The van der Waals surface area contributed by atoms with Crippen molar-refractivity contribution >= 4 is 0 Å². The zero-order chi connectivity index (χ0) is 13.9. The predicted molar refractivity (Wildman–Crippen MR) is 85.4 cm³/mol. The molecule has 0 unspecified atom stereocenters. The lowest BCUT2D eigenvalue weighted by molar-refractivity contribution is 0.587. The van der Waals surface area contributed by atoms with Gasteiger partial charge in [0.25, 0.3) is 0 Å². The van der Waals surface area contributed by atoms with Gasteiger partial charge in [-0.2, -0.15) is 0 Å². The van der Waals surface area contributed by atoms with Gasteiger partial charge in [-0.05, 0) is 70.0 Å². The summed E-state index contributed by atoms with van der Waals surface area (Å²) in [6, 6.07) is 11.9. The summed E-state index contributed by atoms with van der Waals surface area (Å²) in [5.41, 5.74) is 11.2. The Labute approximate surface area is 121 Å². The Morgan fingerprint density at radius 2 is 1.15 bits per heavy atom. The molecule has 2 aliphatic carbocycles. The van der Waals surface area contributed by atoms with Gasteiger partial charge in [0.05, 0.1) is 0 Å². The summed E-state index contributed by atoms with van der Waals surface area (Å²) in [5, 5.41) is 0. The maximum atomic E-state index is 2.48. The first-order chi connectivity index (χ1) is 9.54. The highest BCUT2D eigenvalue weighted by molar-refractivity contribution is 5.81. The average molecular weight is 262 g/mol. The van der Waals surface area contributed by atoms with E-state index in [1.807, 2.05) is 0 Å². The molecule has 4 rings (SSSR count). The largest absolute Gasteiger partial charge is 0.0617 e. The third kappa shape index (κ3) is 1.67. The third-order valence-corrected chi connectivity index (χ3v) is 4.98. The van der Waals surface area contributed by atoms with Crippen LogP contribution in [0.25, 0.3) is 11.1 Å². The third-order valence-electron chi connectivity index (χ3n) is 4.98. The molecule has 102 valence electrons. The Bertz CT molecular complexity index is 651. The van der Waals surface area contributed by atoms with Gasteiger partial charge in [0.2, 0.25) is 0 Å². The Morgan fingerprint density at radius 1 is 0.700 bits per heavy atom. The van der Waals surface area contributed by atoms with Crippen molar-refractivity contribution in [3.63, 3.8) is 0 Å². The van der Waals surface area contributed by atoms with Crippen LogP contribution in [-0.2, 0) is 31.1 Å². The smallest absolute Gasteiger partial charge is 0.0114 e. The van der Waals surface area contributed by atoms with Crippen molar-refractivity contribution in [1.29, 1.82) is 0 Å². The molecule has 0 nitrogen and oxygen atoms in total. The number of aryl methyl sites for hydroxylation is 4. The highest BCUT2D eigenvalue weighted by Crippen LogP contribution is 2.43. The second-order valence-electron chi connectivity index (χ2n) is 7.37. The summed E-state index contributed by atoms with van der Waals surface area (Å²) in [6.45, 7) is 6.98. The summed E-state index contributed by atoms with van der Waals surface area (Å²) in [4.78, 5) is 0. The number of hydrogen-bond donors (Lipinski definition) is 0. The fraction of sp³-hybridized carbons (Fsp3) is 0.400. The first-order valence-corrected chi connectivity index (χ1v) is 7.81. The molecule has 0 radical (unpaired) electrons. The highest BCUT2D eigenvalue weighted by Gasteiger charge is 2.27. The minimum absolute atomic E-state index is 0.253. The Balaban J connectivity index is 2.01. The highest BCUT2D eigenvalue weighted by atomic mass is 14.3. The van der Waals surface area contributed by atoms with Crippen molar-refractivity contribution < 1.29 is 0 Å². The molecule has 2 aromatic rings. The fourth-order valence-corrected chi connectivity index (χ4v) is 3.85. The van der Waals surface area contributed by atoms with Gasteiger partial charge in [-0.1, -0.05) is 51.1 Å². The number of rotatable bonds is 0. The molecule has 20 heavy (non-hydrogen) atoms. The lowest BCUT2D eigenvalue weighted by Gasteiger charge is -2.32. The Kier molecular flexibility index (Phi) is 2.42. The van der Waals surface area contributed by atoms with Crippen molar-refractivity contribution in [1.82, 2.24) is 0 Å². The molecule has 0 heterocycles. The van der Waals surface area contributed by atoms with Gasteiger partial charge in [0, 0.05) is 0 Å². The van der Waals surface area contributed by atoms with Crippen LogP contribution in [0.1, 0.15) is 48.6 Å². The first-order valence-electron chi connectivity index (χ1n) is 7.81. The van der Waals surface area contributed by atoms with Crippen LogP contribution < -0.4 is 0 Å². The van der Waals surface area contributed by atoms with E-state index < -0.39 is 0 Å². The zero-order valence-corrected chi connectivity index (χ0v) is 12.7. The predicted octanol–water partition coefficient (Wildman–Crippen LogP) is 4.85. The molecule has 0 saturated carbocycles. The summed E-state index contributed by atoms with van der Waals surface area (Å²) < 4.78 is 0. The molecule has 0 aliphatic heterocycles. The van der Waals surface area contributed by atoms with E-state index in [1.165, 1.54) is 31.2 Å². The van der Waals surface area contributed by atoms with Crippen LogP contribution in [0.3, 0.4) is 0 Å². The summed E-state index contributed by atoms with van der Waals surface area (Å²) in [5.74, 6) is 0. The number of benzene rings is 2. The van der Waals surface area contributed by atoms with Crippen molar-refractivity contribution in [2.45, 2.75) is 51.9 Å². The first kappa shape index (κ1) is 12.2. The second-order valence-corrected chi connectivity index (χ2v) is 7.37. The van der Waals surface area contributed by atoms with Crippen molar-refractivity contribution in [2.75, 3.05) is 0 Å². The lowest BCUT2D eigenvalue weighted by Crippen LogP contribution is -2.18. The van der Waals surface area contributed by atoms with E-state index in [1.54, 1.807) is 33.4 Å². The molecule has 0 N–H and O–H groups in total. The molecule has 0 saturated heterocycles. The SMILES string of the molecule is CC(C)(C)c1cc2c3c(c1)CCc1cccc(c1-3)CC2. The molecule has 0 atom stereocenters. The van der Waals surface area contributed by atoms with Crippen LogP contribution in [0.4, 0.5) is 0 Å². The minimum atomic E-state index is 0.253. The molecule has 2 aromatic carbocycles. The zero-order valence-electron chi connectivity index (χ0n) is 12.7. The second kappa shape index (κ2) is 3.97. The van der Waals surface area contributed by atoms with Gasteiger partial charge in [-0.25, -0.2) is 0 Å². The maximum Gasteiger partial charge on any atom is -0.0114 e. The van der Waals surface area contributed by atoms with Crippen LogP contribution >= 0.6 is 0 Å². The molecule has 0 amide bonds. The maximum absolute atomic E-state index is 2.48. The van der Waals surface area contributed by atoms with Crippen LogP contribution in [-0.4, -0.2) is 0 Å². The lowest BCUT2D eigenvalue weighted by atomic mass is 9.73. The van der Waals surface area contributed by atoms with Gasteiger partial charge in [0.1, 0.15) is 0 Å². The van der Waals surface area contributed by atoms with Gasteiger partial charge in [-0.15, -0.1) is 0 Å². The Morgan fingerprint density at radius 3 is 1.65 bits per heavy atom. The van der Waals surface area contributed by atoms with E-state index >= 15 is 0 Å². The van der Waals surface area contributed by atoms with Gasteiger partial charge >= 0.3 is 0 Å². The Hall–Kier alpha value is -1.56. The molecule has 0 heteroatoms. The van der Waals surface area contributed by atoms with E-state index in [0.717, 1.165) is 0 Å². The van der Waals surface area contributed by atoms with Crippen LogP contribution in [0, 0.1) is 0 Å². The van der Waals surface area contributed by atoms with Crippen molar-refractivity contribution in [3.8, 4) is 11.1 Å². The standard InChI is InChI=1S/C20H22/c1-20(2,3)17-11-15-9-7-13-5-4-6-14-8-10-16(12-17)19(15)18(13)14/h4-6,11-12H,7-10H2,1-3H3.